The van der Waals surface area contributed by atoms with Gasteiger partial charge in [-0.15, -0.1) is 11.3 Å². The van der Waals surface area contributed by atoms with Crippen molar-refractivity contribution in [3.8, 4) is 10.4 Å². The number of aromatic nitrogens is 3. The Balaban J connectivity index is 1.65. The van der Waals surface area contributed by atoms with Crippen molar-refractivity contribution in [2.45, 2.75) is 0 Å². The van der Waals surface area contributed by atoms with Gasteiger partial charge in [0, 0.05) is 29.7 Å². The summed E-state index contributed by atoms with van der Waals surface area (Å²) in [5.41, 5.74) is 3.20. The van der Waals surface area contributed by atoms with Gasteiger partial charge in [-0.05, 0) is 40.7 Å². The average Bonchev–Trinajstić information content (AvgIpc) is 3.27. The fraction of sp³-hybridized carbons (Fsp3) is 0.222. The van der Waals surface area contributed by atoms with Crippen LogP contribution in [0.15, 0.2) is 36.5 Å². The predicted octanol–water partition coefficient (Wildman–Crippen LogP) is 4.33. The van der Waals surface area contributed by atoms with E-state index in [1.54, 1.807) is 11.3 Å². The smallest absolute Gasteiger partial charge is 0.224 e. The topological polar surface area (TPSA) is 54.0 Å². The second-order valence-corrected chi connectivity index (χ2v) is 7.41. The van der Waals surface area contributed by atoms with Gasteiger partial charge in [-0.1, -0.05) is 12.1 Å². The molecule has 1 N–H and O–H groups in total. The summed E-state index contributed by atoms with van der Waals surface area (Å²) in [6, 6.07) is 10.6. The van der Waals surface area contributed by atoms with Crippen LogP contribution >= 0.6 is 22.9 Å². The molecule has 1 aliphatic rings. The summed E-state index contributed by atoms with van der Waals surface area (Å²) in [6.07, 6.45) is 1.96. The number of H-pyrrole nitrogens is 1. The fourth-order valence-corrected chi connectivity index (χ4v) is 4.50. The van der Waals surface area contributed by atoms with Gasteiger partial charge in [-0.3, -0.25) is 0 Å². The lowest BCUT2D eigenvalue weighted by atomic mass is 10.1. The number of rotatable bonds is 2. The Morgan fingerprint density at radius 3 is 2.88 bits per heavy atom. The number of halogens is 1. The zero-order chi connectivity index (χ0) is 16.8. The normalized spacial score (nSPS) is 15.3. The van der Waals surface area contributed by atoms with Gasteiger partial charge in [0.15, 0.2) is 5.82 Å². The molecule has 0 saturated carbocycles. The summed E-state index contributed by atoms with van der Waals surface area (Å²) in [7, 11) is 0. The van der Waals surface area contributed by atoms with E-state index >= 15 is 0 Å². The van der Waals surface area contributed by atoms with Crippen molar-refractivity contribution in [1.82, 2.24) is 15.0 Å². The molecule has 126 valence electrons. The molecule has 4 aromatic rings. The van der Waals surface area contributed by atoms with E-state index in [0.717, 1.165) is 39.5 Å². The minimum atomic E-state index is 0.290. The molecule has 0 radical (unpaired) electrons. The maximum Gasteiger partial charge on any atom is 0.224 e. The first-order valence-corrected chi connectivity index (χ1v) is 9.35. The lowest BCUT2D eigenvalue weighted by Crippen LogP contribution is -2.36. The number of thiophene rings is 1. The molecule has 1 fully saturated rings. The molecule has 0 amide bonds. The van der Waals surface area contributed by atoms with Crippen LogP contribution in [0.5, 0.6) is 0 Å². The number of ether oxygens (including phenoxy) is 1. The van der Waals surface area contributed by atoms with E-state index in [1.807, 2.05) is 6.20 Å². The Kier molecular flexibility index (Phi) is 3.62. The highest BCUT2D eigenvalue weighted by molar-refractivity contribution is 7.22. The number of nitrogens with zero attached hydrogens (tertiary/aromatic N) is 3. The molecule has 25 heavy (non-hydrogen) atoms. The quantitative estimate of drug-likeness (QED) is 0.533. The molecule has 5 rings (SSSR count). The molecule has 1 aliphatic heterocycles. The summed E-state index contributed by atoms with van der Waals surface area (Å²) in [5, 5.41) is 1.50. The van der Waals surface area contributed by atoms with Crippen molar-refractivity contribution in [3.63, 3.8) is 0 Å². The first-order valence-electron chi connectivity index (χ1n) is 8.15. The summed E-state index contributed by atoms with van der Waals surface area (Å²) in [4.78, 5) is 15.6. The number of morpholine rings is 1. The summed E-state index contributed by atoms with van der Waals surface area (Å²) < 4.78 is 6.53. The lowest BCUT2D eigenvalue weighted by Gasteiger charge is -2.28. The third-order valence-corrected chi connectivity index (χ3v) is 5.81. The summed E-state index contributed by atoms with van der Waals surface area (Å²) in [6.45, 7) is 3.07. The fourth-order valence-electron chi connectivity index (χ4n) is 3.22. The molecule has 1 aromatic carbocycles. The minimum absolute atomic E-state index is 0.290. The van der Waals surface area contributed by atoms with Gasteiger partial charge in [0.25, 0.3) is 0 Å². The average molecular weight is 371 g/mol. The molecule has 3 aromatic heterocycles. The van der Waals surface area contributed by atoms with Gasteiger partial charge in [0.2, 0.25) is 5.28 Å². The van der Waals surface area contributed by atoms with E-state index in [4.69, 9.17) is 16.3 Å². The Bertz CT molecular complexity index is 1070. The second-order valence-electron chi connectivity index (χ2n) is 6.02. The first kappa shape index (κ1) is 15.1. The highest BCUT2D eigenvalue weighted by Crippen LogP contribution is 2.38. The maximum absolute atomic E-state index is 6.18. The van der Waals surface area contributed by atoms with Crippen LogP contribution in [0.3, 0.4) is 0 Å². The minimum Gasteiger partial charge on any atom is -0.378 e. The SMILES string of the molecule is Clc1nc(N2CCOCC2)c2sc(-c3ccc4cc[nH]c4c3)cc2n1. The van der Waals surface area contributed by atoms with E-state index < -0.39 is 0 Å². The lowest BCUT2D eigenvalue weighted by molar-refractivity contribution is 0.122. The molecule has 0 atom stereocenters. The van der Waals surface area contributed by atoms with Crippen molar-refractivity contribution in [2.24, 2.45) is 0 Å². The van der Waals surface area contributed by atoms with Crippen LogP contribution in [-0.4, -0.2) is 41.3 Å². The van der Waals surface area contributed by atoms with Gasteiger partial charge in [0.05, 0.1) is 23.4 Å². The predicted molar refractivity (Wildman–Crippen MR) is 103 cm³/mol. The number of fused-ring (bicyclic) bond motifs is 2. The van der Waals surface area contributed by atoms with E-state index in [0.29, 0.717) is 13.2 Å². The van der Waals surface area contributed by atoms with Crippen molar-refractivity contribution in [3.05, 3.63) is 41.8 Å². The van der Waals surface area contributed by atoms with Gasteiger partial charge in [-0.25, -0.2) is 4.98 Å². The summed E-state index contributed by atoms with van der Waals surface area (Å²) in [5.74, 6) is 0.913. The van der Waals surface area contributed by atoms with Gasteiger partial charge < -0.3 is 14.6 Å². The molecular formula is C18H15ClN4OS. The van der Waals surface area contributed by atoms with Crippen molar-refractivity contribution in [2.75, 3.05) is 31.2 Å². The third-order valence-electron chi connectivity index (χ3n) is 4.48. The Morgan fingerprint density at radius 2 is 2.00 bits per heavy atom. The van der Waals surface area contributed by atoms with E-state index in [1.165, 1.54) is 10.9 Å². The Morgan fingerprint density at radius 1 is 1.12 bits per heavy atom. The van der Waals surface area contributed by atoms with E-state index in [2.05, 4.69) is 50.2 Å². The molecule has 5 nitrogen and oxygen atoms in total. The molecule has 4 heterocycles. The third kappa shape index (κ3) is 2.66. The highest BCUT2D eigenvalue weighted by atomic mass is 35.5. The molecule has 0 unspecified atom stereocenters. The number of nitrogens with one attached hydrogen (secondary N) is 1. The zero-order valence-corrected chi connectivity index (χ0v) is 14.9. The number of benzene rings is 1. The second kappa shape index (κ2) is 5.98. The molecule has 7 heteroatoms. The van der Waals surface area contributed by atoms with Crippen LogP contribution in [-0.2, 0) is 4.74 Å². The van der Waals surface area contributed by atoms with E-state index in [-0.39, 0.29) is 5.28 Å². The monoisotopic (exact) mass is 370 g/mol. The van der Waals surface area contributed by atoms with Crippen LogP contribution in [0, 0.1) is 0 Å². The van der Waals surface area contributed by atoms with Crippen molar-refractivity contribution < 1.29 is 4.74 Å². The number of anilines is 1. The molecule has 0 aliphatic carbocycles. The van der Waals surface area contributed by atoms with Crippen LogP contribution in [0.25, 0.3) is 31.6 Å². The first-order chi connectivity index (χ1) is 12.3. The number of hydrogen-bond donors (Lipinski definition) is 1. The van der Waals surface area contributed by atoms with Crippen LogP contribution in [0.1, 0.15) is 0 Å². The highest BCUT2D eigenvalue weighted by Gasteiger charge is 2.19. The van der Waals surface area contributed by atoms with E-state index in [9.17, 15) is 0 Å². The van der Waals surface area contributed by atoms with Gasteiger partial charge in [0.1, 0.15) is 0 Å². The number of hydrogen-bond acceptors (Lipinski definition) is 5. The standard InChI is InChI=1S/C18H15ClN4OS/c19-18-21-14-10-15(12-2-1-11-3-4-20-13(11)9-12)25-16(14)17(22-18)23-5-7-24-8-6-23/h1-4,9-10,20H,5-8H2. The Hall–Kier alpha value is -2.15. The zero-order valence-electron chi connectivity index (χ0n) is 13.3. The molecule has 0 bridgehead atoms. The molecule has 0 spiro atoms. The van der Waals surface area contributed by atoms with Crippen molar-refractivity contribution >= 4 is 49.9 Å². The number of aromatic amines is 1. The Labute approximate surface area is 153 Å². The largest absolute Gasteiger partial charge is 0.378 e. The van der Waals surface area contributed by atoms with Crippen LogP contribution in [0.4, 0.5) is 5.82 Å². The van der Waals surface area contributed by atoms with Crippen molar-refractivity contribution in [1.29, 1.82) is 0 Å². The molecule has 1 saturated heterocycles. The summed E-state index contributed by atoms with van der Waals surface area (Å²) >= 11 is 7.89. The van der Waals surface area contributed by atoms with Gasteiger partial charge >= 0.3 is 0 Å². The molecular weight excluding hydrogens is 356 g/mol. The van der Waals surface area contributed by atoms with Gasteiger partial charge in [-0.2, -0.15) is 4.98 Å². The maximum atomic E-state index is 6.18. The van der Waals surface area contributed by atoms with Crippen LogP contribution < -0.4 is 4.90 Å². The van der Waals surface area contributed by atoms with Crippen LogP contribution in [0.2, 0.25) is 5.28 Å².